The Morgan fingerprint density at radius 1 is 1.41 bits per heavy atom. The first kappa shape index (κ1) is 12.5. The second-order valence-corrected chi connectivity index (χ2v) is 4.78. The minimum atomic E-state index is 0.204. The Kier molecular flexibility index (Phi) is 4.12. The molecule has 0 amide bonds. The Labute approximate surface area is 102 Å². The van der Waals surface area contributed by atoms with Crippen LogP contribution in [-0.2, 0) is 13.0 Å². The van der Waals surface area contributed by atoms with E-state index in [0.29, 0.717) is 24.2 Å². The van der Waals surface area contributed by atoms with Crippen LogP contribution in [0.5, 0.6) is 0 Å². The second kappa shape index (κ2) is 5.60. The van der Waals surface area contributed by atoms with E-state index in [-0.39, 0.29) is 12.6 Å². The summed E-state index contributed by atoms with van der Waals surface area (Å²) in [5.41, 5.74) is 0. The Morgan fingerprint density at radius 2 is 2.18 bits per heavy atom. The summed E-state index contributed by atoms with van der Waals surface area (Å²) in [4.78, 5) is 2.25. The van der Waals surface area contributed by atoms with Gasteiger partial charge in [0.15, 0.2) is 0 Å². The van der Waals surface area contributed by atoms with Gasteiger partial charge in [-0.05, 0) is 25.3 Å². The van der Waals surface area contributed by atoms with Crippen LogP contribution in [0.1, 0.15) is 38.5 Å². The lowest BCUT2D eigenvalue weighted by Gasteiger charge is -2.38. The van der Waals surface area contributed by atoms with Crippen molar-refractivity contribution in [2.24, 2.45) is 5.92 Å². The maximum Gasteiger partial charge on any atom is 0.230 e. The molecular weight excluding hydrogens is 218 g/mol. The number of likely N-dealkylation sites (tertiary alicyclic amines) is 1. The van der Waals surface area contributed by atoms with Gasteiger partial charge in [-0.25, -0.2) is 0 Å². The van der Waals surface area contributed by atoms with Crippen LogP contribution < -0.4 is 0 Å². The smallest absolute Gasteiger partial charge is 0.230 e. The highest BCUT2D eigenvalue weighted by Crippen LogP contribution is 2.24. The van der Waals surface area contributed by atoms with Crippen LogP contribution in [0.25, 0.3) is 0 Å². The zero-order valence-electron chi connectivity index (χ0n) is 10.6. The van der Waals surface area contributed by atoms with E-state index in [0.717, 1.165) is 13.0 Å². The molecule has 1 saturated heterocycles. The number of piperidine rings is 1. The first-order valence-electron chi connectivity index (χ1n) is 6.40. The van der Waals surface area contributed by atoms with Gasteiger partial charge >= 0.3 is 0 Å². The zero-order valence-corrected chi connectivity index (χ0v) is 10.6. The SMILES string of the molecule is CCc1nnc(CN2CCCC(C)C2CO)o1. The van der Waals surface area contributed by atoms with E-state index in [2.05, 4.69) is 22.0 Å². The Morgan fingerprint density at radius 3 is 2.82 bits per heavy atom. The maximum atomic E-state index is 9.45. The molecule has 5 heteroatoms. The lowest BCUT2D eigenvalue weighted by atomic mass is 9.91. The van der Waals surface area contributed by atoms with E-state index < -0.39 is 0 Å². The highest BCUT2D eigenvalue weighted by Gasteiger charge is 2.28. The molecule has 2 heterocycles. The highest BCUT2D eigenvalue weighted by molar-refractivity contribution is 4.87. The number of aliphatic hydroxyl groups excluding tert-OH is 1. The quantitative estimate of drug-likeness (QED) is 0.856. The Balaban J connectivity index is 2.00. The maximum absolute atomic E-state index is 9.45. The van der Waals surface area contributed by atoms with Crippen LogP contribution in [-0.4, -0.2) is 39.4 Å². The number of aliphatic hydroxyl groups is 1. The lowest BCUT2D eigenvalue weighted by Crippen LogP contribution is -2.46. The first-order valence-corrected chi connectivity index (χ1v) is 6.40. The van der Waals surface area contributed by atoms with Gasteiger partial charge in [0.2, 0.25) is 11.8 Å². The predicted molar refractivity (Wildman–Crippen MR) is 63.4 cm³/mol. The molecule has 1 aromatic rings. The lowest BCUT2D eigenvalue weighted by molar-refractivity contribution is 0.0411. The summed E-state index contributed by atoms with van der Waals surface area (Å²) in [7, 11) is 0. The fourth-order valence-corrected chi connectivity index (χ4v) is 2.50. The van der Waals surface area contributed by atoms with E-state index in [4.69, 9.17) is 4.42 Å². The molecule has 2 unspecified atom stereocenters. The molecule has 0 saturated carbocycles. The van der Waals surface area contributed by atoms with Crippen LogP contribution in [0, 0.1) is 5.92 Å². The van der Waals surface area contributed by atoms with Crippen molar-refractivity contribution >= 4 is 0 Å². The first-order chi connectivity index (χ1) is 8.24. The van der Waals surface area contributed by atoms with E-state index in [1.165, 1.54) is 12.8 Å². The van der Waals surface area contributed by atoms with Crippen molar-refractivity contribution in [2.45, 2.75) is 45.7 Å². The monoisotopic (exact) mass is 239 g/mol. The van der Waals surface area contributed by atoms with Crippen LogP contribution in [0.4, 0.5) is 0 Å². The minimum Gasteiger partial charge on any atom is -0.424 e. The summed E-state index contributed by atoms with van der Waals surface area (Å²) in [6.07, 6.45) is 3.13. The molecule has 2 rings (SSSR count). The van der Waals surface area contributed by atoms with Gasteiger partial charge in [0.25, 0.3) is 0 Å². The number of aryl methyl sites for hydroxylation is 1. The summed E-state index contributed by atoms with van der Waals surface area (Å²) in [5, 5.41) is 17.5. The third kappa shape index (κ3) is 2.84. The van der Waals surface area contributed by atoms with Crippen molar-refractivity contribution in [3.05, 3.63) is 11.8 Å². The van der Waals surface area contributed by atoms with Gasteiger partial charge in [-0.3, -0.25) is 4.90 Å². The van der Waals surface area contributed by atoms with E-state index in [1.54, 1.807) is 0 Å². The van der Waals surface area contributed by atoms with Gasteiger partial charge in [0, 0.05) is 12.5 Å². The third-order valence-corrected chi connectivity index (χ3v) is 3.57. The summed E-state index contributed by atoms with van der Waals surface area (Å²) >= 11 is 0. The summed E-state index contributed by atoms with van der Waals surface area (Å²) in [6.45, 7) is 6.05. The third-order valence-electron chi connectivity index (χ3n) is 3.57. The topological polar surface area (TPSA) is 62.4 Å². The van der Waals surface area contributed by atoms with Crippen molar-refractivity contribution in [1.29, 1.82) is 0 Å². The number of aromatic nitrogens is 2. The van der Waals surface area contributed by atoms with Gasteiger partial charge in [-0.2, -0.15) is 0 Å². The van der Waals surface area contributed by atoms with Gasteiger partial charge in [-0.15, -0.1) is 10.2 Å². The normalized spacial score (nSPS) is 26.3. The van der Waals surface area contributed by atoms with Crippen LogP contribution >= 0.6 is 0 Å². The van der Waals surface area contributed by atoms with Crippen molar-refractivity contribution in [3.63, 3.8) is 0 Å². The fourth-order valence-electron chi connectivity index (χ4n) is 2.50. The molecule has 1 N–H and O–H groups in total. The molecule has 1 fully saturated rings. The van der Waals surface area contributed by atoms with Crippen molar-refractivity contribution < 1.29 is 9.52 Å². The summed E-state index contributed by atoms with van der Waals surface area (Å²) < 4.78 is 5.52. The standard InChI is InChI=1S/C12H21N3O2/c1-3-11-13-14-12(17-11)7-15-6-4-5-9(2)10(15)8-16/h9-10,16H,3-8H2,1-2H3. The zero-order chi connectivity index (χ0) is 12.3. The molecule has 2 atom stereocenters. The fraction of sp³-hybridized carbons (Fsp3) is 0.833. The van der Waals surface area contributed by atoms with Crippen LogP contribution in [0.2, 0.25) is 0 Å². The van der Waals surface area contributed by atoms with Crippen molar-refractivity contribution in [3.8, 4) is 0 Å². The molecule has 0 spiro atoms. The molecule has 1 aliphatic rings. The van der Waals surface area contributed by atoms with E-state index >= 15 is 0 Å². The number of nitrogens with zero attached hydrogens (tertiary/aromatic N) is 3. The molecule has 17 heavy (non-hydrogen) atoms. The largest absolute Gasteiger partial charge is 0.424 e. The molecule has 96 valence electrons. The average Bonchev–Trinajstić information content (AvgIpc) is 2.77. The summed E-state index contributed by atoms with van der Waals surface area (Å²) in [6, 6.07) is 0.223. The Hall–Kier alpha value is -0.940. The molecule has 0 aromatic carbocycles. The molecule has 1 aliphatic heterocycles. The molecule has 0 aliphatic carbocycles. The van der Waals surface area contributed by atoms with Gasteiger partial charge in [0.1, 0.15) is 0 Å². The van der Waals surface area contributed by atoms with E-state index in [1.807, 2.05) is 6.92 Å². The minimum absolute atomic E-state index is 0.204. The van der Waals surface area contributed by atoms with Gasteiger partial charge in [-0.1, -0.05) is 13.8 Å². The van der Waals surface area contributed by atoms with Crippen LogP contribution in [0.15, 0.2) is 4.42 Å². The predicted octanol–water partition coefficient (Wildman–Crippen LogP) is 1.22. The highest BCUT2D eigenvalue weighted by atomic mass is 16.4. The van der Waals surface area contributed by atoms with Crippen LogP contribution in [0.3, 0.4) is 0 Å². The second-order valence-electron chi connectivity index (χ2n) is 4.78. The van der Waals surface area contributed by atoms with Gasteiger partial charge < -0.3 is 9.52 Å². The molecular formula is C12H21N3O2. The number of hydrogen-bond acceptors (Lipinski definition) is 5. The van der Waals surface area contributed by atoms with Gasteiger partial charge in [0.05, 0.1) is 13.2 Å². The summed E-state index contributed by atoms with van der Waals surface area (Å²) in [5.74, 6) is 1.88. The molecule has 0 radical (unpaired) electrons. The Bertz CT molecular complexity index is 353. The van der Waals surface area contributed by atoms with Crippen molar-refractivity contribution in [2.75, 3.05) is 13.2 Å². The number of hydrogen-bond donors (Lipinski definition) is 1. The molecule has 0 bridgehead atoms. The van der Waals surface area contributed by atoms with E-state index in [9.17, 15) is 5.11 Å². The number of rotatable bonds is 4. The molecule has 5 nitrogen and oxygen atoms in total. The molecule has 1 aromatic heterocycles. The average molecular weight is 239 g/mol. The van der Waals surface area contributed by atoms with Crippen molar-refractivity contribution in [1.82, 2.24) is 15.1 Å².